The highest BCUT2D eigenvalue weighted by molar-refractivity contribution is 7.98. The van der Waals surface area contributed by atoms with Crippen LogP contribution in [0, 0.1) is 6.92 Å². The minimum absolute atomic E-state index is 0.324. The molecular formula is C17H27N3OS. The maximum atomic E-state index is 5.65. The number of aliphatic imine (C=N–C) groups is 1. The van der Waals surface area contributed by atoms with Crippen molar-refractivity contribution < 1.29 is 4.74 Å². The number of nitrogens with one attached hydrogen (secondary N) is 2. The van der Waals surface area contributed by atoms with Gasteiger partial charge in [-0.25, -0.2) is 4.99 Å². The van der Waals surface area contributed by atoms with Crippen LogP contribution >= 0.6 is 11.8 Å². The Labute approximate surface area is 138 Å². The molecule has 0 bridgehead atoms. The number of nitrogens with zero attached hydrogens (tertiary/aromatic N) is 1. The second-order valence-electron chi connectivity index (χ2n) is 5.53. The van der Waals surface area contributed by atoms with E-state index in [2.05, 4.69) is 48.9 Å². The van der Waals surface area contributed by atoms with Crippen LogP contribution in [0.15, 0.2) is 28.1 Å². The Hall–Kier alpha value is -1.20. The van der Waals surface area contributed by atoms with Crippen molar-refractivity contribution in [3.8, 4) is 0 Å². The zero-order valence-corrected chi connectivity index (χ0v) is 14.6. The molecule has 0 saturated carbocycles. The van der Waals surface area contributed by atoms with Gasteiger partial charge in [-0.1, -0.05) is 12.1 Å². The summed E-state index contributed by atoms with van der Waals surface area (Å²) >= 11 is 1.78. The SMILES string of the molecule is CCNC(=NCc1ccc(C)cc1SC)NCC1CCCO1. The largest absolute Gasteiger partial charge is 0.376 e. The normalized spacial score (nSPS) is 18.5. The lowest BCUT2D eigenvalue weighted by molar-refractivity contribution is 0.114. The fourth-order valence-corrected chi connectivity index (χ4v) is 3.20. The molecule has 122 valence electrons. The van der Waals surface area contributed by atoms with Crippen molar-refractivity contribution in [1.29, 1.82) is 0 Å². The fourth-order valence-electron chi connectivity index (χ4n) is 2.50. The molecule has 2 rings (SSSR count). The van der Waals surface area contributed by atoms with Crippen LogP contribution in [-0.2, 0) is 11.3 Å². The molecule has 0 aromatic heterocycles. The Morgan fingerprint density at radius 1 is 1.41 bits per heavy atom. The Morgan fingerprint density at radius 3 is 2.95 bits per heavy atom. The zero-order chi connectivity index (χ0) is 15.8. The highest BCUT2D eigenvalue weighted by atomic mass is 32.2. The van der Waals surface area contributed by atoms with Gasteiger partial charge in [-0.3, -0.25) is 0 Å². The van der Waals surface area contributed by atoms with Gasteiger partial charge in [-0.2, -0.15) is 0 Å². The predicted molar refractivity (Wildman–Crippen MR) is 94.8 cm³/mol. The van der Waals surface area contributed by atoms with Crippen LogP contribution < -0.4 is 10.6 Å². The molecule has 1 fully saturated rings. The Bertz CT molecular complexity index is 499. The molecule has 0 radical (unpaired) electrons. The van der Waals surface area contributed by atoms with Crippen LogP contribution in [0.2, 0.25) is 0 Å². The lowest BCUT2D eigenvalue weighted by Gasteiger charge is -2.15. The van der Waals surface area contributed by atoms with Crippen molar-refractivity contribution in [2.45, 2.75) is 44.2 Å². The molecule has 1 aromatic carbocycles. The molecule has 22 heavy (non-hydrogen) atoms. The van der Waals surface area contributed by atoms with Gasteiger partial charge in [-0.05, 0) is 50.1 Å². The standard InChI is InChI=1S/C17H27N3OS/c1-4-18-17(20-12-15-6-5-9-21-15)19-11-14-8-7-13(2)10-16(14)22-3/h7-8,10,15H,4-6,9,11-12H2,1-3H3,(H2,18,19,20). The van der Waals surface area contributed by atoms with E-state index in [0.717, 1.165) is 32.1 Å². The lowest BCUT2D eigenvalue weighted by atomic mass is 10.1. The fraction of sp³-hybridized carbons (Fsp3) is 0.588. The van der Waals surface area contributed by atoms with E-state index in [9.17, 15) is 0 Å². The average molecular weight is 321 g/mol. The van der Waals surface area contributed by atoms with Crippen LogP contribution in [0.25, 0.3) is 0 Å². The third kappa shape index (κ3) is 5.21. The third-order valence-electron chi connectivity index (χ3n) is 3.72. The summed E-state index contributed by atoms with van der Waals surface area (Å²) in [6.07, 6.45) is 4.75. The lowest BCUT2D eigenvalue weighted by Crippen LogP contribution is -2.41. The van der Waals surface area contributed by atoms with Gasteiger partial charge in [0.1, 0.15) is 0 Å². The maximum absolute atomic E-state index is 5.65. The van der Waals surface area contributed by atoms with Gasteiger partial charge in [0.15, 0.2) is 5.96 Å². The van der Waals surface area contributed by atoms with Gasteiger partial charge in [0.05, 0.1) is 12.6 Å². The smallest absolute Gasteiger partial charge is 0.191 e. The van der Waals surface area contributed by atoms with Crippen LogP contribution in [0.5, 0.6) is 0 Å². The predicted octanol–water partition coefficient (Wildman–Crippen LogP) is 2.95. The molecule has 2 N–H and O–H groups in total. The van der Waals surface area contributed by atoms with E-state index in [1.54, 1.807) is 11.8 Å². The molecule has 0 aliphatic carbocycles. The maximum Gasteiger partial charge on any atom is 0.191 e. The summed E-state index contributed by atoms with van der Waals surface area (Å²) in [6, 6.07) is 6.55. The summed E-state index contributed by atoms with van der Waals surface area (Å²) in [5.41, 5.74) is 2.56. The van der Waals surface area contributed by atoms with Crippen LogP contribution in [0.4, 0.5) is 0 Å². The number of hydrogen-bond donors (Lipinski definition) is 2. The van der Waals surface area contributed by atoms with Gasteiger partial charge >= 0.3 is 0 Å². The summed E-state index contributed by atoms with van der Waals surface area (Å²) in [4.78, 5) is 6.01. The molecule has 5 heteroatoms. The van der Waals surface area contributed by atoms with E-state index < -0.39 is 0 Å². The third-order valence-corrected chi connectivity index (χ3v) is 4.54. The van der Waals surface area contributed by atoms with Crippen molar-refractivity contribution in [1.82, 2.24) is 10.6 Å². The Balaban J connectivity index is 1.96. The Kier molecular flexibility index (Phi) is 7.06. The number of ether oxygens (including phenoxy) is 1. The van der Waals surface area contributed by atoms with E-state index in [1.165, 1.54) is 22.4 Å². The zero-order valence-electron chi connectivity index (χ0n) is 13.8. The first-order chi connectivity index (χ1) is 10.7. The molecule has 1 heterocycles. The van der Waals surface area contributed by atoms with Gasteiger partial charge < -0.3 is 15.4 Å². The van der Waals surface area contributed by atoms with Crippen LogP contribution in [0.1, 0.15) is 30.9 Å². The van der Waals surface area contributed by atoms with Crippen molar-refractivity contribution >= 4 is 17.7 Å². The quantitative estimate of drug-likeness (QED) is 0.480. The molecule has 0 amide bonds. The second kappa shape index (κ2) is 9.06. The van der Waals surface area contributed by atoms with E-state index >= 15 is 0 Å². The molecule has 1 atom stereocenters. The van der Waals surface area contributed by atoms with Gasteiger partial charge in [0.2, 0.25) is 0 Å². The van der Waals surface area contributed by atoms with Crippen molar-refractivity contribution in [3.63, 3.8) is 0 Å². The summed E-state index contributed by atoms with van der Waals surface area (Å²) in [5, 5.41) is 6.69. The highest BCUT2D eigenvalue weighted by Crippen LogP contribution is 2.22. The number of thioether (sulfide) groups is 1. The van der Waals surface area contributed by atoms with Gasteiger partial charge in [0.25, 0.3) is 0 Å². The molecule has 1 aliphatic heterocycles. The minimum Gasteiger partial charge on any atom is -0.376 e. The molecule has 1 saturated heterocycles. The number of guanidine groups is 1. The van der Waals surface area contributed by atoms with Crippen molar-refractivity contribution in [3.05, 3.63) is 29.3 Å². The summed E-state index contributed by atoms with van der Waals surface area (Å²) in [7, 11) is 0. The van der Waals surface area contributed by atoms with Crippen molar-refractivity contribution in [2.24, 2.45) is 4.99 Å². The van der Waals surface area contributed by atoms with E-state index in [-0.39, 0.29) is 0 Å². The Morgan fingerprint density at radius 2 is 2.27 bits per heavy atom. The molecule has 4 nitrogen and oxygen atoms in total. The van der Waals surface area contributed by atoms with Crippen molar-refractivity contribution in [2.75, 3.05) is 26.0 Å². The number of aryl methyl sites for hydroxylation is 1. The van der Waals surface area contributed by atoms with Gasteiger partial charge in [-0.15, -0.1) is 11.8 Å². The second-order valence-corrected chi connectivity index (χ2v) is 6.37. The van der Waals surface area contributed by atoms with Crippen LogP contribution in [0.3, 0.4) is 0 Å². The summed E-state index contributed by atoms with van der Waals surface area (Å²) < 4.78 is 5.65. The molecule has 1 aliphatic rings. The topological polar surface area (TPSA) is 45.7 Å². The summed E-state index contributed by atoms with van der Waals surface area (Å²) in [6.45, 7) is 7.48. The molecule has 1 unspecified atom stereocenters. The first-order valence-electron chi connectivity index (χ1n) is 8.00. The van der Waals surface area contributed by atoms with E-state index in [4.69, 9.17) is 9.73 Å². The van der Waals surface area contributed by atoms with E-state index in [0.29, 0.717) is 12.6 Å². The molecular weight excluding hydrogens is 294 g/mol. The molecule has 1 aromatic rings. The van der Waals surface area contributed by atoms with E-state index in [1.807, 2.05) is 0 Å². The van der Waals surface area contributed by atoms with Gasteiger partial charge in [0, 0.05) is 24.6 Å². The average Bonchev–Trinajstić information content (AvgIpc) is 3.04. The summed E-state index contributed by atoms with van der Waals surface area (Å²) in [5.74, 6) is 0.866. The molecule has 0 spiro atoms. The number of hydrogen-bond acceptors (Lipinski definition) is 3. The first-order valence-corrected chi connectivity index (χ1v) is 9.22. The monoisotopic (exact) mass is 321 g/mol. The first kappa shape index (κ1) is 17.2. The minimum atomic E-state index is 0.324. The van der Waals surface area contributed by atoms with Crippen LogP contribution in [-0.4, -0.2) is 38.0 Å². The highest BCUT2D eigenvalue weighted by Gasteiger charge is 2.15. The number of benzene rings is 1. The number of rotatable bonds is 6.